The van der Waals surface area contributed by atoms with E-state index >= 15 is 0 Å². The maximum absolute atomic E-state index is 12.7. The van der Waals surface area contributed by atoms with Crippen molar-refractivity contribution in [2.45, 2.75) is 57.4 Å². The predicted molar refractivity (Wildman–Crippen MR) is 126 cm³/mol. The van der Waals surface area contributed by atoms with Crippen molar-refractivity contribution >= 4 is 5.69 Å². The summed E-state index contributed by atoms with van der Waals surface area (Å²) >= 11 is 0. The lowest BCUT2D eigenvalue weighted by molar-refractivity contribution is -0.137. The van der Waals surface area contributed by atoms with E-state index in [0.29, 0.717) is 25.7 Å². The van der Waals surface area contributed by atoms with E-state index in [-0.39, 0.29) is 6.10 Å². The smallest absolute Gasteiger partial charge is 0.416 e. The monoisotopic (exact) mass is 464 g/mol. The highest BCUT2D eigenvalue weighted by molar-refractivity contribution is 5.48. The fraction of sp³-hybridized carbons (Fsp3) is 0.538. The Kier molecular flexibility index (Phi) is 8.29. The van der Waals surface area contributed by atoms with Crippen molar-refractivity contribution in [2.75, 3.05) is 38.1 Å². The minimum absolute atomic E-state index is 0.142. The summed E-state index contributed by atoms with van der Waals surface area (Å²) in [6, 6.07) is 13.4. The molecule has 1 N–H and O–H groups in total. The molecule has 3 rings (SSSR count). The summed E-state index contributed by atoms with van der Waals surface area (Å²) in [6.07, 6.45) is -1.35. The van der Waals surface area contributed by atoms with Gasteiger partial charge in [-0.15, -0.1) is 0 Å². The molecule has 1 aliphatic rings. The predicted octanol–water partition coefficient (Wildman–Crippen LogP) is 5.39. The van der Waals surface area contributed by atoms with Crippen molar-refractivity contribution in [3.63, 3.8) is 0 Å². The number of rotatable bonds is 9. The van der Waals surface area contributed by atoms with Crippen molar-refractivity contribution in [3.05, 3.63) is 59.7 Å². The second kappa shape index (κ2) is 10.8. The van der Waals surface area contributed by atoms with E-state index in [2.05, 4.69) is 9.80 Å². The lowest BCUT2D eigenvalue weighted by Crippen LogP contribution is -2.46. The van der Waals surface area contributed by atoms with Crippen molar-refractivity contribution in [1.29, 1.82) is 0 Å². The lowest BCUT2D eigenvalue weighted by atomic mass is 9.88. The number of likely N-dealkylation sites (tertiary alicyclic amines) is 1. The molecule has 2 aromatic carbocycles. The van der Waals surface area contributed by atoms with Gasteiger partial charge in [0, 0.05) is 38.9 Å². The third-order valence-corrected chi connectivity index (χ3v) is 6.35. The summed E-state index contributed by atoms with van der Waals surface area (Å²) in [4.78, 5) is 4.43. The second-order valence-corrected chi connectivity index (χ2v) is 9.34. The van der Waals surface area contributed by atoms with Crippen LogP contribution in [0.1, 0.15) is 44.2 Å². The molecule has 33 heavy (non-hydrogen) atoms. The Morgan fingerprint density at radius 1 is 1.03 bits per heavy atom. The Bertz CT molecular complexity index is 859. The highest BCUT2D eigenvalue weighted by Crippen LogP contribution is 2.30. The van der Waals surface area contributed by atoms with E-state index in [0.717, 1.165) is 55.3 Å². The van der Waals surface area contributed by atoms with Crippen LogP contribution in [0.2, 0.25) is 0 Å². The number of ether oxygens (including phenoxy) is 1. The van der Waals surface area contributed by atoms with Gasteiger partial charge in [-0.3, -0.25) is 0 Å². The van der Waals surface area contributed by atoms with E-state index < -0.39 is 17.3 Å². The first-order chi connectivity index (χ1) is 15.5. The van der Waals surface area contributed by atoms with Gasteiger partial charge in [-0.05, 0) is 81.5 Å². The van der Waals surface area contributed by atoms with Gasteiger partial charge in [0.25, 0.3) is 0 Å². The van der Waals surface area contributed by atoms with Gasteiger partial charge in [-0.25, -0.2) is 0 Å². The highest BCUT2D eigenvalue weighted by atomic mass is 19.4. The number of benzene rings is 2. The molecule has 0 amide bonds. The van der Waals surface area contributed by atoms with Gasteiger partial charge < -0.3 is 19.6 Å². The number of aliphatic hydroxyl groups is 1. The van der Waals surface area contributed by atoms with Crippen molar-refractivity contribution in [3.8, 4) is 5.75 Å². The summed E-state index contributed by atoms with van der Waals surface area (Å²) in [6.45, 7) is 7.13. The van der Waals surface area contributed by atoms with Crippen molar-refractivity contribution < 1.29 is 23.0 Å². The molecule has 1 heterocycles. The van der Waals surface area contributed by atoms with Crippen molar-refractivity contribution in [1.82, 2.24) is 4.90 Å². The molecule has 1 saturated heterocycles. The van der Waals surface area contributed by atoms with Crippen LogP contribution in [0.15, 0.2) is 48.5 Å². The molecule has 0 unspecified atom stereocenters. The number of piperidine rings is 1. The first-order valence-electron chi connectivity index (χ1n) is 11.6. The molecule has 0 bridgehead atoms. The van der Waals surface area contributed by atoms with Crippen LogP contribution in [0.25, 0.3) is 0 Å². The number of alkyl halides is 3. The number of hydrogen-bond acceptors (Lipinski definition) is 4. The molecule has 4 nitrogen and oxygen atoms in total. The average Bonchev–Trinajstić information content (AvgIpc) is 2.77. The molecule has 0 radical (unpaired) electrons. The average molecular weight is 465 g/mol. The fourth-order valence-corrected chi connectivity index (χ4v) is 4.15. The molecule has 0 atom stereocenters. The van der Waals surface area contributed by atoms with Gasteiger partial charge in [-0.2, -0.15) is 13.2 Å². The second-order valence-electron chi connectivity index (χ2n) is 9.34. The molecule has 182 valence electrons. The summed E-state index contributed by atoms with van der Waals surface area (Å²) in [5, 5.41) is 11.0. The molecule has 1 aliphatic heterocycles. The Morgan fingerprint density at radius 3 is 2.18 bits per heavy atom. The standard InChI is InChI=1S/C26H35F3N2O2/c1-20(2)33-24-10-8-23(9-11-24)30(3)17-13-25(32)14-18-31(19-15-25)16-12-21-4-6-22(7-5-21)26(27,28)29/h4-11,20,32H,12-19H2,1-3H3. The SMILES string of the molecule is CC(C)Oc1ccc(N(C)CCC2(O)CCN(CCc3ccc(C(F)(F)F)cc3)CC2)cc1. The first kappa shape index (κ1) is 25.4. The maximum Gasteiger partial charge on any atom is 0.416 e. The highest BCUT2D eigenvalue weighted by Gasteiger charge is 2.32. The molecule has 2 aromatic rings. The van der Waals surface area contributed by atoms with Crippen LogP contribution >= 0.6 is 0 Å². The van der Waals surface area contributed by atoms with E-state index in [9.17, 15) is 18.3 Å². The van der Waals surface area contributed by atoms with Gasteiger partial charge in [0.05, 0.1) is 17.3 Å². The van der Waals surface area contributed by atoms with Gasteiger partial charge in [0.15, 0.2) is 0 Å². The zero-order valence-corrected chi connectivity index (χ0v) is 19.7. The Hall–Kier alpha value is -2.25. The van der Waals surface area contributed by atoms with Crippen LogP contribution in [0.5, 0.6) is 5.75 Å². The summed E-state index contributed by atoms with van der Waals surface area (Å²) < 4.78 is 43.8. The van der Waals surface area contributed by atoms with E-state index in [1.54, 1.807) is 12.1 Å². The van der Waals surface area contributed by atoms with E-state index in [1.807, 2.05) is 45.2 Å². The first-order valence-corrected chi connectivity index (χ1v) is 11.6. The molecule has 0 aromatic heterocycles. The molecule has 7 heteroatoms. The molecule has 0 saturated carbocycles. The summed E-state index contributed by atoms with van der Waals surface area (Å²) in [5.41, 5.74) is 0.692. The maximum atomic E-state index is 12.7. The van der Waals surface area contributed by atoms with Crippen LogP contribution in [-0.4, -0.2) is 54.9 Å². The number of hydrogen-bond donors (Lipinski definition) is 1. The number of halogens is 3. The topological polar surface area (TPSA) is 35.9 Å². The largest absolute Gasteiger partial charge is 0.491 e. The van der Waals surface area contributed by atoms with E-state index in [4.69, 9.17) is 4.74 Å². The zero-order valence-electron chi connectivity index (χ0n) is 19.7. The van der Waals surface area contributed by atoms with Gasteiger partial charge in [0.1, 0.15) is 5.75 Å². The van der Waals surface area contributed by atoms with Crippen LogP contribution in [0, 0.1) is 0 Å². The lowest BCUT2D eigenvalue weighted by Gasteiger charge is -2.39. The third-order valence-electron chi connectivity index (χ3n) is 6.35. The molecule has 0 spiro atoms. The normalized spacial score (nSPS) is 16.7. The van der Waals surface area contributed by atoms with Crippen LogP contribution in [0.4, 0.5) is 18.9 Å². The van der Waals surface area contributed by atoms with Crippen molar-refractivity contribution in [2.24, 2.45) is 0 Å². The minimum atomic E-state index is -4.30. The Labute approximate surface area is 195 Å². The summed E-state index contributed by atoms with van der Waals surface area (Å²) in [5.74, 6) is 0.851. The Balaban J connectivity index is 1.41. The Morgan fingerprint density at radius 2 is 1.64 bits per heavy atom. The molecule has 0 aliphatic carbocycles. The van der Waals surface area contributed by atoms with Crippen LogP contribution < -0.4 is 9.64 Å². The zero-order chi connectivity index (χ0) is 24.1. The van der Waals surface area contributed by atoms with Gasteiger partial charge in [0.2, 0.25) is 0 Å². The molecule has 1 fully saturated rings. The third kappa shape index (κ3) is 7.64. The minimum Gasteiger partial charge on any atom is -0.491 e. The quantitative estimate of drug-likeness (QED) is 0.540. The number of anilines is 1. The van der Waals surface area contributed by atoms with E-state index in [1.165, 1.54) is 0 Å². The van der Waals surface area contributed by atoms with Crippen LogP contribution in [0.3, 0.4) is 0 Å². The summed E-state index contributed by atoms with van der Waals surface area (Å²) in [7, 11) is 2.03. The number of nitrogens with zero attached hydrogens (tertiary/aromatic N) is 2. The molecular weight excluding hydrogens is 429 g/mol. The van der Waals surface area contributed by atoms with Crippen LogP contribution in [-0.2, 0) is 12.6 Å². The fourth-order valence-electron chi connectivity index (χ4n) is 4.15. The van der Waals surface area contributed by atoms with Gasteiger partial charge >= 0.3 is 6.18 Å². The van der Waals surface area contributed by atoms with Gasteiger partial charge in [-0.1, -0.05) is 12.1 Å². The molecular formula is C26H35F3N2O2.